The predicted molar refractivity (Wildman–Crippen MR) is 95.5 cm³/mol. The van der Waals surface area contributed by atoms with Crippen LogP contribution in [0.4, 0.5) is 0 Å². The van der Waals surface area contributed by atoms with Crippen LogP contribution >= 0.6 is 15.9 Å². The Hall–Kier alpha value is -1.16. The lowest BCUT2D eigenvalue weighted by molar-refractivity contribution is -0.132. The third kappa shape index (κ3) is 2.37. The number of hydrogen-bond acceptors (Lipinski definition) is 3. The number of hydrogen-bond donors (Lipinski definition) is 0. The van der Waals surface area contributed by atoms with E-state index in [4.69, 9.17) is 4.74 Å². The molecule has 0 spiro atoms. The van der Waals surface area contributed by atoms with Crippen LogP contribution in [0.15, 0.2) is 18.2 Å². The number of ketones is 1. The van der Waals surface area contributed by atoms with E-state index in [2.05, 4.69) is 28.9 Å². The molecule has 3 aliphatic rings. The van der Waals surface area contributed by atoms with Crippen LogP contribution in [-0.2, 0) is 16.0 Å². The van der Waals surface area contributed by atoms with E-state index in [9.17, 15) is 9.59 Å². The van der Waals surface area contributed by atoms with Gasteiger partial charge in [-0.15, -0.1) is 0 Å². The molecule has 0 bridgehead atoms. The van der Waals surface area contributed by atoms with E-state index in [-0.39, 0.29) is 16.2 Å². The van der Waals surface area contributed by atoms with Crippen molar-refractivity contribution in [3.63, 3.8) is 0 Å². The Morgan fingerprint density at radius 2 is 2.12 bits per heavy atom. The van der Waals surface area contributed by atoms with Crippen LogP contribution in [0.5, 0.6) is 5.75 Å². The van der Waals surface area contributed by atoms with E-state index in [0.29, 0.717) is 29.3 Å². The van der Waals surface area contributed by atoms with Gasteiger partial charge in [-0.2, -0.15) is 0 Å². The smallest absolute Gasteiger partial charge is 0.308 e. The fraction of sp³-hybridized carbons (Fsp3) is 0.600. The molecular formula is C20H23BrO3. The summed E-state index contributed by atoms with van der Waals surface area (Å²) in [6, 6.07) is 6.10. The minimum Gasteiger partial charge on any atom is -0.427 e. The number of ether oxygens (including phenoxy) is 1. The van der Waals surface area contributed by atoms with Gasteiger partial charge in [0, 0.05) is 12.3 Å². The molecule has 0 saturated heterocycles. The number of benzene rings is 1. The molecule has 4 rings (SSSR count). The molecule has 5 atom stereocenters. The predicted octanol–water partition coefficient (Wildman–Crippen LogP) is 4.41. The lowest BCUT2D eigenvalue weighted by Crippen LogP contribution is -2.42. The van der Waals surface area contributed by atoms with Crippen molar-refractivity contribution >= 4 is 27.7 Å². The summed E-state index contributed by atoms with van der Waals surface area (Å²) in [4.78, 5) is 23.8. The third-order valence-corrected chi connectivity index (χ3v) is 7.45. The Bertz CT molecular complexity index is 713. The Labute approximate surface area is 151 Å². The second kappa shape index (κ2) is 5.69. The molecular weight excluding hydrogens is 368 g/mol. The summed E-state index contributed by atoms with van der Waals surface area (Å²) in [7, 11) is 0. The first kappa shape index (κ1) is 16.3. The summed E-state index contributed by atoms with van der Waals surface area (Å²) in [6.45, 7) is 3.63. The van der Waals surface area contributed by atoms with Gasteiger partial charge in [0.2, 0.25) is 0 Å². The van der Waals surface area contributed by atoms with Crippen molar-refractivity contribution in [3.8, 4) is 5.75 Å². The Morgan fingerprint density at radius 1 is 1.33 bits per heavy atom. The van der Waals surface area contributed by atoms with Crippen molar-refractivity contribution in [2.75, 3.05) is 0 Å². The molecule has 1 aromatic rings. The van der Waals surface area contributed by atoms with Gasteiger partial charge in [0.25, 0.3) is 0 Å². The van der Waals surface area contributed by atoms with Crippen LogP contribution in [0.2, 0.25) is 0 Å². The normalized spacial score (nSPS) is 37.4. The monoisotopic (exact) mass is 390 g/mol. The number of carbonyl (C=O) groups excluding carboxylic acids is 2. The molecule has 128 valence electrons. The zero-order chi connectivity index (χ0) is 17.1. The Balaban J connectivity index is 1.65. The molecule has 2 saturated carbocycles. The highest BCUT2D eigenvalue weighted by atomic mass is 79.9. The van der Waals surface area contributed by atoms with Crippen molar-refractivity contribution in [1.29, 1.82) is 0 Å². The van der Waals surface area contributed by atoms with Crippen LogP contribution in [0.25, 0.3) is 0 Å². The number of rotatable bonds is 1. The Kier molecular flexibility index (Phi) is 3.87. The van der Waals surface area contributed by atoms with Crippen LogP contribution in [0.1, 0.15) is 56.6 Å². The molecule has 4 heteroatoms. The summed E-state index contributed by atoms with van der Waals surface area (Å²) in [5.74, 6) is 2.43. The lowest BCUT2D eigenvalue weighted by Gasteiger charge is -2.48. The maximum Gasteiger partial charge on any atom is 0.308 e. The van der Waals surface area contributed by atoms with Gasteiger partial charge < -0.3 is 4.74 Å². The van der Waals surface area contributed by atoms with Crippen LogP contribution in [0.3, 0.4) is 0 Å². The van der Waals surface area contributed by atoms with Crippen molar-refractivity contribution < 1.29 is 14.3 Å². The van der Waals surface area contributed by atoms with E-state index < -0.39 is 0 Å². The van der Waals surface area contributed by atoms with Crippen LogP contribution in [-0.4, -0.2) is 16.6 Å². The van der Waals surface area contributed by atoms with Gasteiger partial charge >= 0.3 is 5.97 Å². The average Bonchev–Trinajstić information content (AvgIpc) is 2.77. The first-order valence-electron chi connectivity index (χ1n) is 8.90. The largest absolute Gasteiger partial charge is 0.427 e. The summed E-state index contributed by atoms with van der Waals surface area (Å²) in [5.41, 5.74) is 2.60. The fourth-order valence-corrected chi connectivity index (χ4v) is 6.46. The highest BCUT2D eigenvalue weighted by molar-refractivity contribution is 9.10. The first-order chi connectivity index (χ1) is 11.4. The molecule has 0 unspecified atom stereocenters. The fourth-order valence-electron chi connectivity index (χ4n) is 5.54. The van der Waals surface area contributed by atoms with E-state index in [1.54, 1.807) is 0 Å². The number of carbonyl (C=O) groups is 2. The molecule has 3 aliphatic carbocycles. The van der Waals surface area contributed by atoms with Gasteiger partial charge in [0.1, 0.15) is 5.75 Å². The molecule has 3 nitrogen and oxygen atoms in total. The molecule has 0 N–H and O–H groups in total. The lowest BCUT2D eigenvalue weighted by atomic mass is 9.55. The van der Waals surface area contributed by atoms with Gasteiger partial charge in [0.15, 0.2) is 5.78 Å². The van der Waals surface area contributed by atoms with Crippen molar-refractivity contribution in [1.82, 2.24) is 0 Å². The topological polar surface area (TPSA) is 43.4 Å². The minimum atomic E-state index is -0.273. The van der Waals surface area contributed by atoms with Gasteiger partial charge in [-0.25, -0.2) is 0 Å². The summed E-state index contributed by atoms with van der Waals surface area (Å²) < 4.78 is 5.24. The highest BCUT2D eigenvalue weighted by Gasteiger charge is 2.57. The van der Waals surface area contributed by atoms with Crippen molar-refractivity contribution in [3.05, 3.63) is 29.3 Å². The molecule has 0 amide bonds. The van der Waals surface area contributed by atoms with E-state index in [1.807, 2.05) is 12.1 Å². The van der Waals surface area contributed by atoms with Gasteiger partial charge in [-0.3, -0.25) is 9.59 Å². The third-order valence-electron chi connectivity index (χ3n) is 6.66. The minimum absolute atomic E-state index is 0.0407. The molecule has 0 aromatic heterocycles. The SMILES string of the molecule is CC(=O)Oc1ccc2c(c1)CC[C@@H]1[C@H]2CC[C@]2(C)C(=O)[C@H](Br)C[C@@H]12. The summed E-state index contributed by atoms with van der Waals surface area (Å²) in [5, 5.41) is 0. The van der Waals surface area contributed by atoms with Crippen molar-refractivity contribution in [2.45, 2.75) is 56.7 Å². The van der Waals surface area contributed by atoms with Crippen molar-refractivity contribution in [2.24, 2.45) is 17.3 Å². The number of aryl methyl sites for hydroxylation is 1. The summed E-state index contributed by atoms with van der Waals surface area (Å²) >= 11 is 3.61. The van der Waals surface area contributed by atoms with Gasteiger partial charge in [-0.05, 0) is 73.1 Å². The molecule has 24 heavy (non-hydrogen) atoms. The number of esters is 1. The van der Waals surface area contributed by atoms with E-state index in [0.717, 1.165) is 32.1 Å². The zero-order valence-corrected chi connectivity index (χ0v) is 15.8. The zero-order valence-electron chi connectivity index (χ0n) is 14.2. The summed E-state index contributed by atoms with van der Waals surface area (Å²) in [6.07, 6.45) is 5.21. The number of Topliss-reactive ketones (excluding diaryl/α,β-unsaturated/α-hetero) is 1. The standard InChI is InChI=1S/C20H23BrO3/c1-11(22)24-13-4-6-14-12(9-13)3-5-16-15(14)7-8-20(2)17(16)10-18(21)19(20)23/h4,6,9,15-18H,3,5,7-8,10H2,1-2H3/t15-,16+,17-,18+,20-/m0/s1. The van der Waals surface area contributed by atoms with E-state index >= 15 is 0 Å². The first-order valence-corrected chi connectivity index (χ1v) is 9.81. The molecule has 2 fully saturated rings. The molecule has 0 heterocycles. The van der Waals surface area contributed by atoms with Gasteiger partial charge in [0.05, 0.1) is 4.83 Å². The quantitative estimate of drug-likeness (QED) is 0.405. The maximum atomic E-state index is 12.6. The number of fused-ring (bicyclic) bond motifs is 5. The van der Waals surface area contributed by atoms with E-state index in [1.165, 1.54) is 18.1 Å². The second-order valence-corrected chi connectivity index (χ2v) is 9.00. The number of halogens is 1. The molecule has 0 radical (unpaired) electrons. The average molecular weight is 391 g/mol. The second-order valence-electron chi connectivity index (χ2n) is 7.89. The van der Waals surface area contributed by atoms with Crippen LogP contribution in [0, 0.1) is 17.3 Å². The number of alkyl halides is 1. The van der Waals surface area contributed by atoms with Crippen LogP contribution < -0.4 is 4.74 Å². The van der Waals surface area contributed by atoms with Gasteiger partial charge in [-0.1, -0.05) is 28.9 Å². The molecule has 0 aliphatic heterocycles. The Morgan fingerprint density at radius 3 is 2.88 bits per heavy atom. The maximum absolute atomic E-state index is 12.6. The highest BCUT2D eigenvalue weighted by Crippen LogP contribution is 2.60. The molecule has 1 aromatic carbocycles.